The Labute approximate surface area is 100 Å². The van der Waals surface area contributed by atoms with Crippen molar-refractivity contribution >= 4 is 21.8 Å². The summed E-state index contributed by atoms with van der Waals surface area (Å²) in [7, 11) is -5.57. The summed E-state index contributed by atoms with van der Waals surface area (Å²) in [5.41, 5.74) is 0. The number of halogens is 4. The standard InChI is InChI=1S/C4H6F4O8S2/c5-3(6,9)4(7,8)16-18(12,13)15-2-1-14-17(10)11/h9H,1-2H2,(H,10,11). The van der Waals surface area contributed by atoms with Crippen molar-refractivity contribution in [2.75, 3.05) is 13.2 Å². The van der Waals surface area contributed by atoms with Crippen molar-refractivity contribution in [3.05, 3.63) is 0 Å². The van der Waals surface area contributed by atoms with Crippen molar-refractivity contribution in [2.24, 2.45) is 0 Å². The normalized spacial score (nSPS) is 15.7. The van der Waals surface area contributed by atoms with E-state index in [0.717, 1.165) is 0 Å². The molecule has 0 bridgehead atoms. The third-order valence-corrected chi connectivity index (χ3v) is 2.29. The summed E-state index contributed by atoms with van der Waals surface area (Å²) in [5.74, 6) is 0. The lowest BCUT2D eigenvalue weighted by Crippen LogP contribution is -2.44. The van der Waals surface area contributed by atoms with Crippen LogP contribution in [0.5, 0.6) is 0 Å². The van der Waals surface area contributed by atoms with Gasteiger partial charge in [0, 0.05) is 0 Å². The Morgan fingerprint density at radius 3 is 2.06 bits per heavy atom. The number of alkyl halides is 4. The van der Waals surface area contributed by atoms with Gasteiger partial charge >= 0.3 is 34.0 Å². The molecule has 0 rings (SSSR count). The van der Waals surface area contributed by atoms with Gasteiger partial charge in [-0.25, -0.2) is 4.18 Å². The predicted molar refractivity (Wildman–Crippen MR) is 44.8 cm³/mol. The van der Waals surface area contributed by atoms with Crippen LogP contribution < -0.4 is 0 Å². The molecule has 1 atom stereocenters. The second-order valence-corrected chi connectivity index (χ2v) is 4.30. The maximum absolute atomic E-state index is 12.3. The van der Waals surface area contributed by atoms with Gasteiger partial charge in [0.25, 0.3) is 0 Å². The summed E-state index contributed by atoms with van der Waals surface area (Å²) in [6.45, 7) is -1.88. The van der Waals surface area contributed by atoms with Crippen LogP contribution in [0.1, 0.15) is 0 Å². The van der Waals surface area contributed by atoms with E-state index in [0.29, 0.717) is 0 Å². The molecule has 110 valence electrons. The lowest BCUT2D eigenvalue weighted by molar-refractivity contribution is -0.392. The van der Waals surface area contributed by atoms with Crippen LogP contribution in [0.25, 0.3) is 0 Å². The van der Waals surface area contributed by atoms with Gasteiger partial charge in [-0.05, 0) is 0 Å². The number of hydrogen-bond donors (Lipinski definition) is 2. The molecule has 0 fully saturated rings. The molecule has 0 heterocycles. The van der Waals surface area contributed by atoms with Gasteiger partial charge in [0.2, 0.25) is 0 Å². The highest BCUT2D eigenvalue weighted by molar-refractivity contribution is 7.81. The average Bonchev–Trinajstić information content (AvgIpc) is 2.08. The molecule has 0 aromatic rings. The first-order valence-corrected chi connectivity index (χ1v) is 6.06. The summed E-state index contributed by atoms with van der Waals surface area (Å²) in [6.07, 6.45) is -11.5. The zero-order chi connectivity index (χ0) is 14.6. The van der Waals surface area contributed by atoms with E-state index in [1.807, 2.05) is 0 Å². The van der Waals surface area contributed by atoms with Crippen LogP contribution in [0.15, 0.2) is 0 Å². The molecule has 0 radical (unpaired) electrons. The molecule has 2 N–H and O–H groups in total. The van der Waals surface area contributed by atoms with Gasteiger partial charge in [0.05, 0.1) is 13.2 Å². The smallest absolute Gasteiger partial charge is 0.329 e. The maximum atomic E-state index is 12.3. The van der Waals surface area contributed by atoms with Crippen LogP contribution in [-0.4, -0.2) is 47.7 Å². The molecule has 0 saturated carbocycles. The molecule has 0 aromatic carbocycles. The van der Waals surface area contributed by atoms with Crippen LogP contribution in [0.2, 0.25) is 0 Å². The fraction of sp³-hybridized carbons (Fsp3) is 1.00. The molecule has 8 nitrogen and oxygen atoms in total. The highest BCUT2D eigenvalue weighted by Gasteiger charge is 2.60. The molecular formula is C4H6F4O8S2. The Balaban J connectivity index is 4.37. The fourth-order valence-electron chi connectivity index (χ4n) is 0.444. The van der Waals surface area contributed by atoms with Gasteiger partial charge in [0.1, 0.15) is 0 Å². The van der Waals surface area contributed by atoms with Crippen molar-refractivity contribution in [1.82, 2.24) is 0 Å². The monoisotopic (exact) mass is 322 g/mol. The second-order valence-electron chi connectivity index (χ2n) is 2.41. The SMILES string of the molecule is O=S(O)OCCOS(=O)(=O)OC(F)(F)C(O)(F)F. The molecular weight excluding hydrogens is 316 g/mol. The van der Waals surface area contributed by atoms with Crippen LogP contribution in [0.3, 0.4) is 0 Å². The zero-order valence-corrected chi connectivity index (χ0v) is 9.72. The summed E-state index contributed by atoms with van der Waals surface area (Å²) >= 11 is -2.75. The first-order valence-electron chi connectivity index (χ1n) is 3.69. The van der Waals surface area contributed by atoms with Gasteiger partial charge in [-0.2, -0.15) is 34.4 Å². The van der Waals surface area contributed by atoms with E-state index < -0.39 is 47.2 Å². The molecule has 0 aromatic heterocycles. The van der Waals surface area contributed by atoms with E-state index in [9.17, 15) is 30.2 Å². The van der Waals surface area contributed by atoms with Crippen LogP contribution in [0.4, 0.5) is 17.6 Å². The van der Waals surface area contributed by atoms with Crippen LogP contribution in [-0.2, 0) is 34.3 Å². The van der Waals surface area contributed by atoms with Crippen molar-refractivity contribution in [3.63, 3.8) is 0 Å². The van der Waals surface area contributed by atoms with Crippen molar-refractivity contribution in [1.29, 1.82) is 0 Å². The topological polar surface area (TPSA) is 119 Å². The van der Waals surface area contributed by atoms with E-state index >= 15 is 0 Å². The van der Waals surface area contributed by atoms with Crippen LogP contribution in [0, 0.1) is 0 Å². The minimum atomic E-state index is -5.74. The third-order valence-electron chi connectivity index (χ3n) is 1.05. The Hall–Kier alpha value is -0.380. The van der Waals surface area contributed by atoms with E-state index in [2.05, 4.69) is 12.5 Å². The van der Waals surface area contributed by atoms with E-state index in [4.69, 9.17) is 9.66 Å². The summed E-state index contributed by atoms with van der Waals surface area (Å²) in [5, 5.41) is 7.63. The summed E-state index contributed by atoms with van der Waals surface area (Å²) < 4.78 is 97.2. The molecule has 14 heteroatoms. The summed E-state index contributed by atoms with van der Waals surface area (Å²) in [6, 6.07) is 0. The minimum Gasteiger partial charge on any atom is -0.329 e. The van der Waals surface area contributed by atoms with Crippen molar-refractivity contribution < 1.29 is 52.4 Å². The van der Waals surface area contributed by atoms with Crippen LogP contribution >= 0.6 is 0 Å². The highest BCUT2D eigenvalue weighted by Crippen LogP contribution is 2.34. The second kappa shape index (κ2) is 6.18. The summed E-state index contributed by atoms with van der Waals surface area (Å²) in [4.78, 5) is 0. The minimum absolute atomic E-state index is 0.827. The van der Waals surface area contributed by atoms with Crippen molar-refractivity contribution in [3.8, 4) is 0 Å². The van der Waals surface area contributed by atoms with Gasteiger partial charge in [-0.3, -0.25) is 8.74 Å². The Kier molecular flexibility index (Phi) is 6.05. The first kappa shape index (κ1) is 17.6. The first-order chi connectivity index (χ1) is 7.87. The predicted octanol–water partition coefficient (Wildman–Crippen LogP) is -0.404. The molecule has 0 aliphatic heterocycles. The van der Waals surface area contributed by atoms with Gasteiger partial charge in [-0.1, -0.05) is 0 Å². The molecule has 0 amide bonds. The quantitative estimate of drug-likeness (QED) is 0.352. The molecule has 18 heavy (non-hydrogen) atoms. The van der Waals surface area contributed by atoms with E-state index in [-0.39, 0.29) is 0 Å². The molecule has 0 aliphatic carbocycles. The van der Waals surface area contributed by atoms with Gasteiger partial charge in [0.15, 0.2) is 0 Å². The molecule has 0 spiro atoms. The number of hydrogen-bond acceptors (Lipinski definition) is 7. The molecule has 0 saturated heterocycles. The zero-order valence-electron chi connectivity index (χ0n) is 8.09. The lowest BCUT2D eigenvalue weighted by atomic mass is 10.6. The van der Waals surface area contributed by atoms with Crippen molar-refractivity contribution in [2.45, 2.75) is 12.2 Å². The Bertz CT molecular complexity index is 388. The molecule has 1 unspecified atom stereocenters. The Morgan fingerprint density at radius 2 is 1.67 bits per heavy atom. The average molecular weight is 322 g/mol. The van der Waals surface area contributed by atoms with E-state index in [1.54, 1.807) is 0 Å². The lowest BCUT2D eigenvalue weighted by Gasteiger charge is -2.19. The van der Waals surface area contributed by atoms with E-state index in [1.165, 1.54) is 0 Å². The number of rotatable bonds is 8. The van der Waals surface area contributed by atoms with Gasteiger partial charge in [-0.15, -0.1) is 0 Å². The maximum Gasteiger partial charge on any atom is 0.464 e. The van der Waals surface area contributed by atoms with Gasteiger partial charge < -0.3 is 5.11 Å². The highest BCUT2D eigenvalue weighted by atomic mass is 32.3. The Morgan fingerprint density at radius 1 is 1.17 bits per heavy atom. The third kappa shape index (κ3) is 6.53. The molecule has 0 aliphatic rings. The fourth-order valence-corrected chi connectivity index (χ4v) is 1.33. The number of aliphatic hydroxyl groups is 1. The largest absolute Gasteiger partial charge is 0.464 e.